The van der Waals surface area contributed by atoms with Crippen LogP contribution in [0.3, 0.4) is 0 Å². The van der Waals surface area contributed by atoms with Crippen molar-refractivity contribution in [2.24, 2.45) is 5.92 Å². The van der Waals surface area contributed by atoms with Crippen LogP contribution in [0.15, 0.2) is 82.8 Å². The van der Waals surface area contributed by atoms with Gasteiger partial charge in [0.05, 0.1) is 28.1 Å². The molecule has 10 N–H and O–H groups in total. The molecule has 0 radical (unpaired) electrons. The van der Waals surface area contributed by atoms with Crippen LogP contribution in [0.1, 0.15) is 96.4 Å². The number of hydrogen-bond acceptors (Lipinski definition) is 20. The van der Waals surface area contributed by atoms with Crippen molar-refractivity contribution in [1.29, 1.82) is 0 Å². The zero-order valence-electron chi connectivity index (χ0n) is 43.8. The lowest BCUT2D eigenvalue weighted by atomic mass is 9.57. The molecule has 28 nitrogen and oxygen atoms in total. The number of unbranched alkanes of at least 4 members (excludes halogenated alkanes) is 5. The topological polar surface area (TPSA) is 418 Å². The number of fused-ring (bicyclic) bond motifs is 7. The molecule has 2 aromatic carbocycles. The Morgan fingerprint density at radius 1 is 0.887 bits per heavy atom. The standard InChI is InChI=1S/C47H64N9O19P3S2/c1-5-54-34-19-17-30(79(66,67)68)24-32(34)46(3)29(2)47(4)33-25-31(80(69,70)71)18-20-35(33)55(38(47)15-13-14-37(46)54)23-12-8-9-16-39(57)49-21-10-6-7-11-22-53-76(60,61)74-78(64,65)75-77(62,63)72-26-36-41(58)42(59)45(73-36)56-28-52-40-43(48)50-27-51-44(40)56/h13-15,17-20,24-25,27-29,36,41-42,45,58-59H,5-12,16,21-23,26H2,1-4H3,(H8-,48,49,50,51,53,57,60,61,62,63,64,65,66,67,68,69,70,71)/t29?,36-,41-,42-,45-,46?,47?/m1/s1. The number of imidazole rings is 1. The van der Waals surface area contributed by atoms with Gasteiger partial charge >= 0.3 is 23.4 Å². The van der Waals surface area contributed by atoms with E-state index < -0.39 is 85.6 Å². The van der Waals surface area contributed by atoms with Gasteiger partial charge in [0, 0.05) is 67.0 Å². The Labute approximate surface area is 461 Å². The monoisotopic (exact) mass is 1220 g/mol. The minimum atomic E-state index is -5.75. The maximum absolute atomic E-state index is 12.8. The largest absolute Gasteiger partial charge is 0.744 e. The first kappa shape index (κ1) is 61.4. The number of benzene rings is 2. The number of likely N-dealkylation sites (N-methyl/N-ethyl adjacent to an activating group) is 1. The van der Waals surface area contributed by atoms with Crippen molar-refractivity contribution in [2.75, 3.05) is 43.4 Å². The lowest BCUT2D eigenvalue weighted by molar-refractivity contribution is -0.438. The maximum Gasteiger partial charge on any atom is 0.489 e. The number of nitrogens with one attached hydrogen (secondary N) is 2. The van der Waals surface area contributed by atoms with E-state index >= 15 is 0 Å². The summed E-state index contributed by atoms with van der Waals surface area (Å²) in [5, 5.41) is 26.1. The summed E-state index contributed by atoms with van der Waals surface area (Å²) in [4.78, 5) is 56.4. The minimum Gasteiger partial charge on any atom is -0.744 e. The zero-order chi connectivity index (χ0) is 58.4. The third-order valence-corrected chi connectivity index (χ3v) is 21.4. The second kappa shape index (κ2) is 23.5. The van der Waals surface area contributed by atoms with Crippen LogP contribution in [0.2, 0.25) is 0 Å². The SMILES string of the molecule is CCN1/C2=C/C=C/C3=[N+](CCCCCC(=O)NCCCCCCNP(=O)(O)OP(=O)(O)OP(=O)(O)OC[C@H]4O[C@@H](n5cnc6c(N)ncnc65)[C@H](O)[C@@H]4O)c4ccc(S(=O)(=O)O)cc4C3(C)C(C)C2(C)c2cc(S(=O)(=O)[O-])ccc21. The molecule has 3 aliphatic heterocycles. The number of phosphoric acid groups is 2. The number of nitrogens with zero attached hydrogens (tertiary/aromatic N) is 6. The summed E-state index contributed by atoms with van der Waals surface area (Å²) in [5.74, 6) is -0.526. The van der Waals surface area contributed by atoms with E-state index in [2.05, 4.69) is 48.0 Å². The molecule has 1 aliphatic carbocycles. The van der Waals surface area contributed by atoms with E-state index in [1.54, 1.807) is 12.1 Å². The van der Waals surface area contributed by atoms with Crippen LogP contribution in [-0.4, -0.2) is 138 Å². The predicted molar refractivity (Wildman–Crippen MR) is 286 cm³/mol. The second-order valence-corrected chi connectivity index (χ2v) is 27.7. The normalized spacial score (nSPS) is 27.0. The number of nitrogens with two attached hydrogens (primary N) is 1. The molecule has 80 heavy (non-hydrogen) atoms. The lowest BCUT2D eigenvalue weighted by Crippen LogP contribution is -2.49. The third kappa shape index (κ3) is 12.6. The summed E-state index contributed by atoms with van der Waals surface area (Å²) >= 11 is 0. The van der Waals surface area contributed by atoms with E-state index in [4.69, 9.17) is 10.5 Å². The number of carbonyl (C=O) groups is 1. The number of anilines is 2. The van der Waals surface area contributed by atoms with Gasteiger partial charge in [0.1, 0.15) is 46.8 Å². The molecule has 0 saturated carbocycles. The number of rotatable bonds is 25. The van der Waals surface area contributed by atoms with Gasteiger partial charge in [-0.3, -0.25) is 18.4 Å². The Balaban J connectivity index is 0.766. The van der Waals surface area contributed by atoms with E-state index in [1.165, 1.54) is 35.2 Å². The van der Waals surface area contributed by atoms with Gasteiger partial charge in [-0.15, -0.1) is 0 Å². The van der Waals surface area contributed by atoms with Gasteiger partial charge in [-0.2, -0.15) is 21.6 Å². The minimum absolute atomic E-state index is 0.0260. The van der Waals surface area contributed by atoms with Crippen LogP contribution >= 0.6 is 23.4 Å². The Morgan fingerprint density at radius 3 is 2.27 bits per heavy atom. The van der Waals surface area contributed by atoms with Crippen LogP contribution in [0.5, 0.6) is 0 Å². The van der Waals surface area contributed by atoms with Crippen molar-refractivity contribution in [2.45, 2.75) is 124 Å². The van der Waals surface area contributed by atoms with Crippen molar-refractivity contribution >= 4 is 83.6 Å². The molecule has 8 rings (SSSR count). The van der Waals surface area contributed by atoms with Gasteiger partial charge in [0.25, 0.3) is 10.1 Å². The Morgan fingerprint density at radius 2 is 1.57 bits per heavy atom. The molecule has 438 valence electrons. The van der Waals surface area contributed by atoms with Crippen LogP contribution in [0.4, 0.5) is 17.2 Å². The summed E-state index contributed by atoms with van der Waals surface area (Å²) < 4.78 is 132. The average molecular weight is 1220 g/mol. The van der Waals surface area contributed by atoms with Crippen LogP contribution in [-0.2, 0) is 67.4 Å². The van der Waals surface area contributed by atoms with E-state index in [-0.39, 0.29) is 58.0 Å². The molecule has 4 aromatic rings. The summed E-state index contributed by atoms with van der Waals surface area (Å²) in [6.45, 7) is 8.22. The number of aromatic nitrogens is 4. The van der Waals surface area contributed by atoms with Gasteiger partial charge in [0.15, 0.2) is 23.4 Å². The number of aliphatic hydroxyl groups is 2. The quantitative estimate of drug-likeness (QED) is 0.0193. The lowest BCUT2D eigenvalue weighted by Gasteiger charge is -2.44. The first-order valence-corrected chi connectivity index (χ1v) is 32.9. The molecule has 6 unspecified atom stereocenters. The summed E-state index contributed by atoms with van der Waals surface area (Å²) in [6, 6.07) is 8.90. The molecule has 1 amide bonds. The Kier molecular flexibility index (Phi) is 18.1. The van der Waals surface area contributed by atoms with Crippen molar-refractivity contribution in [3.8, 4) is 0 Å². The van der Waals surface area contributed by atoms with E-state index in [0.717, 1.165) is 29.1 Å². The highest BCUT2D eigenvalue weighted by Crippen LogP contribution is 2.66. The van der Waals surface area contributed by atoms with Gasteiger partial charge in [-0.25, -0.2) is 42.2 Å². The van der Waals surface area contributed by atoms with Gasteiger partial charge < -0.3 is 50.1 Å². The highest BCUT2D eigenvalue weighted by molar-refractivity contribution is 7.86. The van der Waals surface area contributed by atoms with Crippen molar-refractivity contribution < 1.29 is 91.8 Å². The first-order chi connectivity index (χ1) is 37.4. The number of ether oxygens (including phenoxy) is 1. The van der Waals surface area contributed by atoms with Crippen LogP contribution in [0, 0.1) is 5.92 Å². The van der Waals surface area contributed by atoms with Crippen molar-refractivity contribution in [1.82, 2.24) is 29.9 Å². The molecule has 0 bridgehead atoms. The molecule has 1 saturated heterocycles. The smallest absolute Gasteiger partial charge is 0.489 e. The Hall–Kier alpha value is -4.68. The molecule has 5 heterocycles. The highest BCUT2D eigenvalue weighted by Gasteiger charge is 2.60. The van der Waals surface area contributed by atoms with Crippen molar-refractivity contribution in [3.63, 3.8) is 0 Å². The summed E-state index contributed by atoms with van der Waals surface area (Å²) in [7, 11) is -25.8. The second-order valence-electron chi connectivity index (χ2n) is 20.1. The molecule has 1 fully saturated rings. The highest BCUT2D eigenvalue weighted by atomic mass is 32.2. The first-order valence-electron chi connectivity index (χ1n) is 25.5. The number of carbonyl (C=O) groups excluding carboxylic acids is 1. The zero-order valence-corrected chi connectivity index (χ0v) is 48.2. The molecule has 0 spiro atoms. The number of aliphatic hydroxyl groups excluding tert-OH is 2. The van der Waals surface area contributed by atoms with Gasteiger partial charge in [-0.1, -0.05) is 25.8 Å². The molecule has 2 aromatic heterocycles. The number of nitrogen functional groups attached to an aromatic ring is 1. The van der Waals surface area contributed by atoms with Crippen LogP contribution in [0.25, 0.3) is 11.2 Å². The number of phosphoric ester groups is 1. The third-order valence-electron chi connectivity index (χ3n) is 15.3. The van der Waals surface area contributed by atoms with E-state index in [1.807, 2.05) is 45.9 Å². The fraction of sp³-hybridized carbons (Fsp3) is 0.511. The summed E-state index contributed by atoms with van der Waals surface area (Å²) in [6.07, 6.45) is 6.05. The van der Waals surface area contributed by atoms with Gasteiger partial charge in [-0.05, 0) is 94.3 Å². The van der Waals surface area contributed by atoms with E-state index in [9.17, 15) is 69.3 Å². The van der Waals surface area contributed by atoms with Gasteiger partial charge in [0.2, 0.25) is 11.6 Å². The predicted octanol–water partition coefficient (Wildman–Crippen LogP) is 4.30. The molecule has 33 heteroatoms. The van der Waals surface area contributed by atoms with Crippen molar-refractivity contribution in [3.05, 3.63) is 84.1 Å². The number of amides is 1. The number of allylic oxidation sites excluding steroid dienone is 4. The molecular weight excluding hydrogens is 1150 g/mol. The Bertz CT molecular complexity index is 3530. The number of hydrogen-bond donors (Lipinski definition) is 9. The fourth-order valence-corrected chi connectivity index (χ4v) is 15.9. The van der Waals surface area contributed by atoms with Crippen LogP contribution < -0.4 is 21.0 Å². The molecule has 4 aliphatic rings. The fourth-order valence-electron chi connectivity index (χ4n) is 11.1. The maximum atomic E-state index is 12.8. The molecule has 10 atom stereocenters. The van der Waals surface area contributed by atoms with E-state index in [0.29, 0.717) is 69.3 Å². The molecular formula is C47H64N9O19P3S2. The summed E-state index contributed by atoms with van der Waals surface area (Å²) in [5.41, 5.74) is 8.78. The average Bonchev–Trinajstić information content (AvgIpc) is 3.69.